The fourth-order valence-electron chi connectivity index (χ4n) is 3.95. The Morgan fingerprint density at radius 2 is 1.88 bits per heavy atom. The molecule has 0 aromatic carbocycles. The van der Waals surface area contributed by atoms with Gasteiger partial charge in [-0.3, -0.25) is 4.79 Å². The molecule has 0 bridgehead atoms. The van der Waals surface area contributed by atoms with Gasteiger partial charge in [0.15, 0.2) is 0 Å². The molecule has 0 spiro atoms. The molecule has 25 heavy (non-hydrogen) atoms. The SMILES string of the molecule is CN(C)C(=O)c1cc2cnc(Cl)nc2n1[C@H]1CC[C@H](C(C)(C)C)CC1. The van der Waals surface area contributed by atoms with Gasteiger partial charge in [-0.1, -0.05) is 20.8 Å². The number of amides is 1. The largest absolute Gasteiger partial charge is 0.343 e. The Morgan fingerprint density at radius 3 is 2.44 bits per heavy atom. The smallest absolute Gasteiger partial charge is 0.270 e. The molecule has 1 amide bonds. The molecular formula is C19H27ClN4O. The first-order valence-corrected chi connectivity index (χ1v) is 9.31. The topological polar surface area (TPSA) is 51.0 Å². The van der Waals surface area contributed by atoms with Gasteiger partial charge in [-0.25, -0.2) is 4.98 Å². The fourth-order valence-corrected chi connectivity index (χ4v) is 4.08. The van der Waals surface area contributed by atoms with Crippen molar-refractivity contribution in [2.24, 2.45) is 11.3 Å². The van der Waals surface area contributed by atoms with E-state index < -0.39 is 0 Å². The third-order valence-corrected chi connectivity index (χ3v) is 5.64. The van der Waals surface area contributed by atoms with Crippen molar-refractivity contribution in [3.05, 3.63) is 23.2 Å². The first-order chi connectivity index (χ1) is 11.7. The maximum absolute atomic E-state index is 12.7. The highest BCUT2D eigenvalue weighted by Gasteiger charge is 2.32. The predicted molar refractivity (Wildman–Crippen MR) is 101 cm³/mol. The van der Waals surface area contributed by atoms with Crippen molar-refractivity contribution >= 4 is 28.5 Å². The molecule has 1 fully saturated rings. The van der Waals surface area contributed by atoms with Crippen molar-refractivity contribution in [3.8, 4) is 0 Å². The second-order valence-electron chi connectivity index (χ2n) is 8.39. The third-order valence-electron chi connectivity index (χ3n) is 5.46. The number of rotatable bonds is 2. The van der Waals surface area contributed by atoms with Gasteiger partial charge in [0.05, 0.1) is 0 Å². The second kappa shape index (κ2) is 6.60. The van der Waals surface area contributed by atoms with Crippen LogP contribution in [0.4, 0.5) is 0 Å². The summed E-state index contributed by atoms with van der Waals surface area (Å²) in [6.45, 7) is 6.95. The van der Waals surface area contributed by atoms with Crippen LogP contribution >= 0.6 is 11.6 Å². The fraction of sp³-hybridized carbons (Fsp3) is 0.632. The summed E-state index contributed by atoms with van der Waals surface area (Å²) in [5.41, 5.74) is 1.78. The second-order valence-corrected chi connectivity index (χ2v) is 8.73. The third kappa shape index (κ3) is 3.52. The molecule has 0 unspecified atom stereocenters. The molecule has 2 heterocycles. The van der Waals surface area contributed by atoms with Crippen LogP contribution in [0.25, 0.3) is 11.0 Å². The maximum atomic E-state index is 12.7. The van der Waals surface area contributed by atoms with Crippen LogP contribution in [0, 0.1) is 11.3 Å². The normalized spacial score (nSPS) is 21.5. The number of fused-ring (bicyclic) bond motifs is 1. The standard InChI is InChI=1S/C19H27ClN4O/c1-19(2,3)13-6-8-14(9-7-13)24-15(17(25)23(4)5)10-12-11-21-18(20)22-16(12)24/h10-11,13-14H,6-9H2,1-5H3/t13-,14-. The van der Waals surface area contributed by atoms with Crippen LogP contribution < -0.4 is 0 Å². The number of nitrogens with zero attached hydrogens (tertiary/aromatic N) is 4. The molecule has 3 rings (SSSR count). The van der Waals surface area contributed by atoms with Crippen molar-refractivity contribution in [3.63, 3.8) is 0 Å². The summed E-state index contributed by atoms with van der Waals surface area (Å²) >= 11 is 6.03. The summed E-state index contributed by atoms with van der Waals surface area (Å²) < 4.78 is 2.10. The van der Waals surface area contributed by atoms with Gasteiger partial charge in [-0.05, 0) is 54.7 Å². The molecular weight excluding hydrogens is 336 g/mol. The lowest BCUT2D eigenvalue weighted by molar-refractivity contribution is 0.0809. The highest BCUT2D eigenvalue weighted by molar-refractivity contribution is 6.28. The average molecular weight is 363 g/mol. The number of aromatic nitrogens is 3. The molecule has 0 atom stereocenters. The van der Waals surface area contributed by atoms with Crippen LogP contribution in [0.1, 0.15) is 63.0 Å². The van der Waals surface area contributed by atoms with Crippen molar-refractivity contribution in [1.29, 1.82) is 0 Å². The molecule has 1 aliphatic rings. The Balaban J connectivity index is 2.01. The van der Waals surface area contributed by atoms with E-state index in [4.69, 9.17) is 11.6 Å². The van der Waals surface area contributed by atoms with Gasteiger partial charge in [-0.2, -0.15) is 4.98 Å². The highest BCUT2D eigenvalue weighted by Crippen LogP contribution is 2.42. The molecule has 0 radical (unpaired) electrons. The predicted octanol–water partition coefficient (Wildman–Crippen LogP) is 4.56. The van der Waals surface area contributed by atoms with E-state index in [1.54, 1.807) is 25.2 Å². The van der Waals surface area contributed by atoms with Gasteiger partial charge >= 0.3 is 0 Å². The van der Waals surface area contributed by atoms with E-state index in [-0.39, 0.29) is 17.2 Å². The van der Waals surface area contributed by atoms with Crippen molar-refractivity contribution < 1.29 is 4.79 Å². The van der Waals surface area contributed by atoms with Crippen molar-refractivity contribution in [2.45, 2.75) is 52.5 Å². The number of carbonyl (C=O) groups is 1. The zero-order chi connectivity index (χ0) is 18.4. The zero-order valence-electron chi connectivity index (χ0n) is 15.7. The Kier molecular flexibility index (Phi) is 4.80. The zero-order valence-corrected chi connectivity index (χ0v) is 16.5. The Hall–Kier alpha value is -1.62. The summed E-state index contributed by atoms with van der Waals surface area (Å²) in [7, 11) is 3.55. The van der Waals surface area contributed by atoms with E-state index in [0.29, 0.717) is 11.1 Å². The summed E-state index contributed by atoms with van der Waals surface area (Å²) in [6.07, 6.45) is 6.15. The van der Waals surface area contributed by atoms with Crippen LogP contribution in [0.15, 0.2) is 12.3 Å². The van der Waals surface area contributed by atoms with Crippen molar-refractivity contribution in [1.82, 2.24) is 19.4 Å². The van der Waals surface area contributed by atoms with Gasteiger partial charge in [0.25, 0.3) is 5.91 Å². The molecule has 0 saturated heterocycles. The average Bonchev–Trinajstić information content (AvgIpc) is 2.91. The van der Waals surface area contributed by atoms with E-state index in [1.807, 2.05) is 6.07 Å². The minimum atomic E-state index is -0.00735. The van der Waals surface area contributed by atoms with E-state index in [9.17, 15) is 4.79 Å². The molecule has 1 saturated carbocycles. The van der Waals surface area contributed by atoms with E-state index in [2.05, 4.69) is 35.3 Å². The van der Waals surface area contributed by atoms with Crippen LogP contribution in [0.2, 0.25) is 5.28 Å². The number of halogens is 1. The highest BCUT2D eigenvalue weighted by atomic mass is 35.5. The molecule has 2 aromatic rings. The number of carbonyl (C=O) groups excluding carboxylic acids is 1. The summed E-state index contributed by atoms with van der Waals surface area (Å²) in [5.74, 6) is 0.712. The summed E-state index contributed by atoms with van der Waals surface area (Å²) in [4.78, 5) is 22.8. The van der Waals surface area contributed by atoms with E-state index in [0.717, 1.165) is 29.8 Å². The molecule has 136 valence electrons. The lowest BCUT2D eigenvalue weighted by Gasteiger charge is -2.38. The monoisotopic (exact) mass is 362 g/mol. The van der Waals surface area contributed by atoms with Crippen LogP contribution in [-0.4, -0.2) is 39.4 Å². The van der Waals surface area contributed by atoms with Gasteiger partial charge in [-0.15, -0.1) is 0 Å². The summed E-state index contributed by atoms with van der Waals surface area (Å²) in [6, 6.07) is 2.17. The quantitative estimate of drug-likeness (QED) is 0.735. The van der Waals surface area contributed by atoms with Crippen LogP contribution in [0.5, 0.6) is 0 Å². The number of hydrogen-bond acceptors (Lipinski definition) is 3. The van der Waals surface area contributed by atoms with Gasteiger partial charge in [0.2, 0.25) is 5.28 Å². The maximum Gasteiger partial charge on any atom is 0.270 e. The molecule has 6 heteroatoms. The molecule has 1 aliphatic carbocycles. The van der Waals surface area contributed by atoms with Gasteiger partial charge in [0.1, 0.15) is 11.3 Å². The minimum Gasteiger partial charge on any atom is -0.343 e. The van der Waals surface area contributed by atoms with Crippen LogP contribution in [-0.2, 0) is 0 Å². The van der Waals surface area contributed by atoms with Crippen LogP contribution in [0.3, 0.4) is 0 Å². The van der Waals surface area contributed by atoms with Crippen molar-refractivity contribution in [2.75, 3.05) is 14.1 Å². The number of hydrogen-bond donors (Lipinski definition) is 0. The molecule has 0 aliphatic heterocycles. The Bertz CT molecular complexity index is 783. The Morgan fingerprint density at radius 1 is 1.24 bits per heavy atom. The first-order valence-electron chi connectivity index (χ1n) is 8.93. The van der Waals surface area contributed by atoms with E-state index in [1.165, 1.54) is 12.8 Å². The van der Waals surface area contributed by atoms with Gasteiger partial charge in [0, 0.05) is 31.7 Å². The lowest BCUT2D eigenvalue weighted by Crippen LogP contribution is -2.30. The molecule has 0 N–H and O–H groups in total. The van der Waals surface area contributed by atoms with Gasteiger partial charge < -0.3 is 9.47 Å². The molecule has 2 aromatic heterocycles. The van der Waals surface area contributed by atoms with E-state index >= 15 is 0 Å². The summed E-state index contributed by atoms with van der Waals surface area (Å²) in [5, 5.41) is 1.09. The molecule has 5 nitrogen and oxygen atoms in total. The minimum absolute atomic E-state index is 0.00735. The first kappa shape index (κ1) is 18.2. The Labute approximate surface area is 154 Å². The lowest BCUT2D eigenvalue weighted by atomic mass is 9.71.